The van der Waals surface area contributed by atoms with Gasteiger partial charge in [0.25, 0.3) is 5.56 Å². The molecular formula is C27H26ClN3O4. The Morgan fingerprint density at radius 2 is 1.63 bits per heavy atom. The molecule has 8 heteroatoms. The lowest BCUT2D eigenvalue weighted by molar-refractivity contribution is -0.116. The van der Waals surface area contributed by atoms with Crippen LogP contribution in [0.1, 0.15) is 24.8 Å². The quantitative estimate of drug-likeness (QED) is 0.344. The van der Waals surface area contributed by atoms with Gasteiger partial charge in [0.05, 0.1) is 24.6 Å². The third-order valence-corrected chi connectivity index (χ3v) is 6.05. The molecule has 0 spiro atoms. The lowest BCUT2D eigenvalue weighted by Crippen LogP contribution is -2.40. The molecule has 35 heavy (non-hydrogen) atoms. The number of rotatable bonds is 9. The number of ether oxygens (including phenoxy) is 1. The number of aromatic nitrogens is 2. The maximum atomic E-state index is 13.3. The summed E-state index contributed by atoms with van der Waals surface area (Å²) in [4.78, 5) is 38.7. The number of fused-ring (bicyclic) bond motifs is 1. The highest BCUT2D eigenvalue weighted by molar-refractivity contribution is 6.30. The molecule has 4 aromatic rings. The number of anilines is 1. The molecule has 7 nitrogen and oxygen atoms in total. The van der Waals surface area contributed by atoms with Crippen molar-refractivity contribution in [3.8, 4) is 5.75 Å². The van der Waals surface area contributed by atoms with Crippen molar-refractivity contribution in [2.45, 2.75) is 32.4 Å². The Morgan fingerprint density at radius 1 is 0.914 bits per heavy atom. The van der Waals surface area contributed by atoms with Crippen molar-refractivity contribution < 1.29 is 9.53 Å². The molecule has 0 fully saturated rings. The van der Waals surface area contributed by atoms with Gasteiger partial charge in [-0.25, -0.2) is 4.79 Å². The van der Waals surface area contributed by atoms with Gasteiger partial charge in [0.15, 0.2) is 0 Å². The molecule has 1 amide bonds. The van der Waals surface area contributed by atoms with Gasteiger partial charge in [-0.1, -0.05) is 35.9 Å². The molecule has 1 aromatic heterocycles. The molecule has 4 rings (SSSR count). The van der Waals surface area contributed by atoms with Gasteiger partial charge >= 0.3 is 5.69 Å². The first-order chi connectivity index (χ1) is 17.0. The van der Waals surface area contributed by atoms with Crippen LogP contribution in [0.15, 0.2) is 82.4 Å². The molecule has 3 aromatic carbocycles. The first-order valence-corrected chi connectivity index (χ1v) is 11.7. The fourth-order valence-corrected chi connectivity index (χ4v) is 4.07. The average Bonchev–Trinajstić information content (AvgIpc) is 2.87. The van der Waals surface area contributed by atoms with E-state index in [0.717, 1.165) is 5.56 Å². The second kappa shape index (κ2) is 11.1. The number of benzene rings is 3. The molecule has 180 valence electrons. The fourth-order valence-electron chi connectivity index (χ4n) is 3.95. The number of hydrogen-bond donors (Lipinski definition) is 1. The van der Waals surface area contributed by atoms with Crippen LogP contribution in [0.25, 0.3) is 10.9 Å². The van der Waals surface area contributed by atoms with Gasteiger partial charge in [0.1, 0.15) is 5.75 Å². The molecule has 0 atom stereocenters. The topological polar surface area (TPSA) is 82.3 Å². The number of halogens is 1. The summed E-state index contributed by atoms with van der Waals surface area (Å²) in [5, 5.41) is 3.94. The smallest absolute Gasteiger partial charge is 0.331 e. The van der Waals surface area contributed by atoms with Gasteiger partial charge in [-0.15, -0.1) is 0 Å². The number of amides is 1. The van der Waals surface area contributed by atoms with E-state index in [-0.39, 0.29) is 30.1 Å². The zero-order chi connectivity index (χ0) is 24.8. The summed E-state index contributed by atoms with van der Waals surface area (Å²) in [6, 6.07) is 21.5. The summed E-state index contributed by atoms with van der Waals surface area (Å²) in [6.45, 7) is 0.556. The van der Waals surface area contributed by atoms with Crippen molar-refractivity contribution in [1.29, 1.82) is 0 Å². The molecule has 0 unspecified atom stereocenters. The van der Waals surface area contributed by atoms with Crippen molar-refractivity contribution in [2.24, 2.45) is 0 Å². The fraction of sp³-hybridized carbons (Fsp3) is 0.222. The van der Waals surface area contributed by atoms with Crippen LogP contribution in [-0.2, 0) is 17.9 Å². The largest absolute Gasteiger partial charge is 0.497 e. The Morgan fingerprint density at radius 3 is 2.34 bits per heavy atom. The molecule has 1 N–H and O–H groups in total. The minimum atomic E-state index is -0.369. The lowest BCUT2D eigenvalue weighted by Gasteiger charge is -2.14. The molecule has 0 radical (unpaired) electrons. The predicted octanol–water partition coefficient (Wildman–Crippen LogP) is 4.68. The Balaban J connectivity index is 1.46. The Hall–Kier alpha value is -3.84. The number of nitrogens with zero attached hydrogens (tertiary/aromatic N) is 2. The van der Waals surface area contributed by atoms with Gasteiger partial charge in [-0.3, -0.25) is 18.7 Å². The van der Waals surface area contributed by atoms with Crippen molar-refractivity contribution in [1.82, 2.24) is 9.13 Å². The first-order valence-electron chi connectivity index (χ1n) is 11.4. The van der Waals surface area contributed by atoms with Crippen molar-refractivity contribution in [3.05, 3.63) is 104 Å². The zero-order valence-corrected chi connectivity index (χ0v) is 20.1. The normalized spacial score (nSPS) is 10.9. The average molecular weight is 492 g/mol. The van der Waals surface area contributed by atoms with Crippen LogP contribution in [0.5, 0.6) is 5.75 Å². The lowest BCUT2D eigenvalue weighted by atomic mass is 10.2. The van der Waals surface area contributed by atoms with Gasteiger partial charge < -0.3 is 10.1 Å². The van der Waals surface area contributed by atoms with Crippen LogP contribution in [0.2, 0.25) is 5.02 Å². The number of carbonyl (C=O) groups is 1. The maximum absolute atomic E-state index is 13.3. The molecule has 0 bridgehead atoms. The van der Waals surface area contributed by atoms with Gasteiger partial charge in [-0.2, -0.15) is 0 Å². The summed E-state index contributed by atoms with van der Waals surface area (Å²) >= 11 is 5.99. The summed E-state index contributed by atoms with van der Waals surface area (Å²) in [6.07, 6.45) is 1.34. The van der Waals surface area contributed by atoms with E-state index in [2.05, 4.69) is 5.32 Å². The minimum absolute atomic E-state index is 0.124. The van der Waals surface area contributed by atoms with Crippen LogP contribution in [0.3, 0.4) is 0 Å². The van der Waals surface area contributed by atoms with Crippen LogP contribution in [-0.4, -0.2) is 22.2 Å². The number of unbranched alkanes of at least 4 members (excludes halogenated alkanes) is 1. The summed E-state index contributed by atoms with van der Waals surface area (Å²) < 4.78 is 7.99. The standard InChI is InChI=1S/C27H26ClN3O4/c1-35-22-15-13-21(14-16-22)29-25(32)8-4-5-17-30-26(33)23-6-2-3-7-24(23)31(27(30)34)18-19-9-11-20(28)12-10-19/h2-3,6-7,9-16H,4-5,8,17-18H2,1H3,(H,29,32). The molecule has 0 aliphatic heterocycles. The minimum Gasteiger partial charge on any atom is -0.497 e. The highest BCUT2D eigenvalue weighted by Crippen LogP contribution is 2.16. The number of carbonyl (C=O) groups excluding carboxylic acids is 1. The van der Waals surface area contributed by atoms with E-state index in [1.54, 1.807) is 66.3 Å². The van der Waals surface area contributed by atoms with E-state index in [1.165, 1.54) is 4.57 Å². The van der Waals surface area contributed by atoms with E-state index >= 15 is 0 Å². The van der Waals surface area contributed by atoms with Crippen LogP contribution >= 0.6 is 11.6 Å². The van der Waals surface area contributed by atoms with Crippen molar-refractivity contribution in [3.63, 3.8) is 0 Å². The van der Waals surface area contributed by atoms with Crippen LogP contribution in [0, 0.1) is 0 Å². The highest BCUT2D eigenvalue weighted by Gasteiger charge is 2.13. The summed E-state index contributed by atoms with van der Waals surface area (Å²) in [5.41, 5.74) is 1.49. The Labute approximate surface area is 207 Å². The number of para-hydroxylation sites is 1. The third kappa shape index (κ3) is 5.81. The van der Waals surface area contributed by atoms with Crippen molar-refractivity contribution >= 4 is 34.1 Å². The van der Waals surface area contributed by atoms with E-state index in [0.29, 0.717) is 46.7 Å². The molecule has 1 heterocycles. The molecule has 0 aliphatic rings. The molecular weight excluding hydrogens is 466 g/mol. The first kappa shape index (κ1) is 24.3. The van der Waals surface area contributed by atoms with Gasteiger partial charge in [0.2, 0.25) is 5.91 Å². The summed E-state index contributed by atoms with van der Waals surface area (Å²) in [7, 11) is 1.58. The maximum Gasteiger partial charge on any atom is 0.331 e. The molecule has 0 saturated carbocycles. The third-order valence-electron chi connectivity index (χ3n) is 5.80. The van der Waals surface area contributed by atoms with Gasteiger partial charge in [-0.05, 0) is 66.9 Å². The number of methoxy groups -OCH3 is 1. The van der Waals surface area contributed by atoms with E-state index in [1.807, 2.05) is 18.2 Å². The monoisotopic (exact) mass is 491 g/mol. The SMILES string of the molecule is COc1ccc(NC(=O)CCCCn2c(=O)c3ccccc3n(Cc3ccc(Cl)cc3)c2=O)cc1. The second-order valence-electron chi connectivity index (χ2n) is 8.20. The zero-order valence-electron chi connectivity index (χ0n) is 19.4. The van der Waals surface area contributed by atoms with Gasteiger partial charge in [0, 0.05) is 23.7 Å². The highest BCUT2D eigenvalue weighted by atomic mass is 35.5. The van der Waals surface area contributed by atoms with E-state index < -0.39 is 0 Å². The summed E-state index contributed by atoms with van der Waals surface area (Å²) in [5.74, 6) is 0.590. The molecule has 0 saturated heterocycles. The predicted molar refractivity (Wildman–Crippen MR) is 138 cm³/mol. The van der Waals surface area contributed by atoms with Crippen LogP contribution < -0.4 is 21.3 Å². The van der Waals surface area contributed by atoms with E-state index in [9.17, 15) is 14.4 Å². The Kier molecular flexibility index (Phi) is 7.67. The van der Waals surface area contributed by atoms with E-state index in [4.69, 9.17) is 16.3 Å². The van der Waals surface area contributed by atoms with Crippen molar-refractivity contribution in [2.75, 3.05) is 12.4 Å². The number of hydrogen-bond acceptors (Lipinski definition) is 4. The molecule has 0 aliphatic carbocycles. The van der Waals surface area contributed by atoms with Crippen LogP contribution in [0.4, 0.5) is 5.69 Å². The second-order valence-corrected chi connectivity index (χ2v) is 8.64. The number of nitrogens with one attached hydrogen (secondary N) is 1. The Bertz CT molecular complexity index is 1440.